The third-order valence-corrected chi connectivity index (χ3v) is 13.4. The molecule has 3 nitrogen and oxygen atoms in total. The van der Waals surface area contributed by atoms with Crippen LogP contribution < -0.4 is 4.90 Å². The monoisotopic (exact) mass is 783 g/mol. The number of furan rings is 2. The van der Waals surface area contributed by atoms with E-state index in [4.69, 9.17) is 8.83 Å². The lowest BCUT2D eigenvalue weighted by Crippen LogP contribution is -2.09. The zero-order valence-electron chi connectivity index (χ0n) is 32.2. The standard InChI is InChI=1S/C56H33NO2S/c1-3-11-43-34(9-1)23-30-47-53-41(14-7-16-49(53)58-55(43)47)36-19-25-38(26-20-36)57(40-29-32-46-45-13-5-6-18-51(45)60-52(46)33-40)39-27-21-37(22-28-39)42-15-8-17-50-54(42)48-31-24-35-10-2-4-12-44(35)56(48)59-50/h1-33H. The third kappa shape index (κ3) is 5.01. The fraction of sp³-hybridized carbons (Fsp3) is 0. The molecule has 13 aromatic rings. The number of fused-ring (bicyclic) bond motifs is 13. The molecule has 0 saturated carbocycles. The Morgan fingerprint density at radius 3 is 1.37 bits per heavy atom. The molecule has 10 aromatic carbocycles. The normalized spacial score (nSPS) is 12.0. The van der Waals surface area contributed by atoms with Crippen molar-refractivity contribution in [1.82, 2.24) is 0 Å². The predicted molar refractivity (Wildman–Crippen MR) is 254 cm³/mol. The van der Waals surface area contributed by atoms with Crippen LogP contribution >= 0.6 is 11.3 Å². The number of hydrogen-bond acceptors (Lipinski definition) is 4. The minimum absolute atomic E-state index is 0.897. The summed E-state index contributed by atoms with van der Waals surface area (Å²) in [6.07, 6.45) is 0. The van der Waals surface area contributed by atoms with E-state index in [0.717, 1.165) is 94.0 Å². The van der Waals surface area contributed by atoms with E-state index in [0.29, 0.717) is 0 Å². The van der Waals surface area contributed by atoms with Crippen LogP contribution in [0.4, 0.5) is 17.1 Å². The van der Waals surface area contributed by atoms with Crippen LogP contribution in [0.1, 0.15) is 0 Å². The van der Waals surface area contributed by atoms with E-state index in [-0.39, 0.29) is 0 Å². The Morgan fingerprint density at radius 1 is 0.333 bits per heavy atom. The van der Waals surface area contributed by atoms with E-state index in [1.165, 1.54) is 30.9 Å². The maximum Gasteiger partial charge on any atom is 0.143 e. The number of rotatable bonds is 5. The fourth-order valence-corrected chi connectivity index (χ4v) is 10.6. The van der Waals surface area contributed by atoms with Gasteiger partial charge in [-0.05, 0) is 99.8 Å². The fourth-order valence-electron chi connectivity index (χ4n) is 9.47. The topological polar surface area (TPSA) is 29.5 Å². The average molecular weight is 784 g/mol. The van der Waals surface area contributed by atoms with Crippen molar-refractivity contribution in [2.75, 3.05) is 4.90 Å². The molecule has 280 valence electrons. The van der Waals surface area contributed by atoms with Gasteiger partial charge in [0.2, 0.25) is 0 Å². The maximum atomic E-state index is 6.55. The highest BCUT2D eigenvalue weighted by Gasteiger charge is 2.19. The highest BCUT2D eigenvalue weighted by molar-refractivity contribution is 7.25. The van der Waals surface area contributed by atoms with Crippen molar-refractivity contribution in [3.8, 4) is 22.3 Å². The molecule has 13 rings (SSSR count). The molecule has 0 aliphatic carbocycles. The van der Waals surface area contributed by atoms with Gasteiger partial charge in [-0.3, -0.25) is 0 Å². The first-order valence-electron chi connectivity index (χ1n) is 20.3. The van der Waals surface area contributed by atoms with Gasteiger partial charge in [-0.15, -0.1) is 11.3 Å². The van der Waals surface area contributed by atoms with Gasteiger partial charge in [0.25, 0.3) is 0 Å². The Bertz CT molecular complexity index is 3640. The summed E-state index contributed by atoms with van der Waals surface area (Å²) in [5.74, 6) is 0. The summed E-state index contributed by atoms with van der Waals surface area (Å²) in [4.78, 5) is 2.37. The van der Waals surface area contributed by atoms with Crippen molar-refractivity contribution >= 4 is 114 Å². The molecule has 0 unspecified atom stereocenters. The lowest BCUT2D eigenvalue weighted by molar-refractivity contribution is 0.672. The molecule has 3 heterocycles. The smallest absolute Gasteiger partial charge is 0.143 e. The van der Waals surface area contributed by atoms with Gasteiger partial charge in [0, 0.05) is 69.6 Å². The first-order valence-corrected chi connectivity index (χ1v) is 21.1. The van der Waals surface area contributed by atoms with E-state index in [1.807, 2.05) is 11.3 Å². The molecule has 0 amide bonds. The van der Waals surface area contributed by atoms with Crippen LogP contribution in [0.5, 0.6) is 0 Å². The molecule has 0 saturated heterocycles. The second kappa shape index (κ2) is 12.9. The molecular weight excluding hydrogens is 751 g/mol. The van der Waals surface area contributed by atoms with Crippen LogP contribution in [-0.4, -0.2) is 0 Å². The lowest BCUT2D eigenvalue weighted by atomic mass is 9.97. The van der Waals surface area contributed by atoms with E-state index in [9.17, 15) is 0 Å². The van der Waals surface area contributed by atoms with Gasteiger partial charge in [-0.2, -0.15) is 0 Å². The first-order chi connectivity index (χ1) is 29.7. The van der Waals surface area contributed by atoms with Crippen LogP contribution in [0.2, 0.25) is 0 Å². The van der Waals surface area contributed by atoms with Gasteiger partial charge < -0.3 is 13.7 Å². The second-order valence-corrected chi connectivity index (χ2v) is 16.7. The summed E-state index contributed by atoms with van der Waals surface area (Å²) in [5.41, 5.74) is 11.5. The summed E-state index contributed by atoms with van der Waals surface area (Å²) < 4.78 is 15.7. The van der Waals surface area contributed by atoms with Crippen LogP contribution in [0.25, 0.3) is 108 Å². The highest BCUT2D eigenvalue weighted by atomic mass is 32.1. The van der Waals surface area contributed by atoms with Crippen molar-refractivity contribution in [2.45, 2.75) is 0 Å². The molecule has 0 radical (unpaired) electrons. The van der Waals surface area contributed by atoms with Gasteiger partial charge in [-0.25, -0.2) is 0 Å². The molecule has 0 bridgehead atoms. The Kier molecular flexibility index (Phi) is 7.18. The zero-order valence-corrected chi connectivity index (χ0v) is 33.0. The minimum Gasteiger partial charge on any atom is -0.455 e. The maximum absolute atomic E-state index is 6.55. The Labute approximate surface area is 348 Å². The summed E-state index contributed by atoms with van der Waals surface area (Å²) in [7, 11) is 0. The molecule has 0 atom stereocenters. The molecule has 0 spiro atoms. The molecular formula is C56H33NO2S. The van der Waals surface area contributed by atoms with Crippen LogP contribution in [0.3, 0.4) is 0 Å². The van der Waals surface area contributed by atoms with Crippen molar-refractivity contribution in [3.05, 3.63) is 200 Å². The zero-order chi connectivity index (χ0) is 39.3. The molecule has 0 N–H and O–H groups in total. The first kappa shape index (κ1) is 33.3. The summed E-state index contributed by atoms with van der Waals surface area (Å²) >= 11 is 1.85. The summed E-state index contributed by atoms with van der Waals surface area (Å²) in [6.45, 7) is 0. The molecule has 4 heteroatoms. The predicted octanol–water partition coefficient (Wildman–Crippen LogP) is 17.0. The summed E-state index contributed by atoms with van der Waals surface area (Å²) in [6, 6.07) is 72.0. The molecule has 0 aliphatic heterocycles. The minimum atomic E-state index is 0.897. The van der Waals surface area contributed by atoms with E-state index in [1.54, 1.807) is 0 Å². The largest absolute Gasteiger partial charge is 0.455 e. The van der Waals surface area contributed by atoms with Gasteiger partial charge >= 0.3 is 0 Å². The Hall–Kier alpha value is -7.66. The highest BCUT2D eigenvalue weighted by Crippen LogP contribution is 2.45. The SMILES string of the molecule is c1ccc2c(c1)ccc1c2oc2cccc(-c3ccc(N(c4ccc(-c5cccc6oc7c8ccccc8ccc7c56)cc4)c4ccc5c(c4)sc4ccccc45)cc3)c21. The van der Waals surface area contributed by atoms with Gasteiger partial charge in [0.15, 0.2) is 0 Å². The average Bonchev–Trinajstić information content (AvgIpc) is 4.01. The number of hydrogen-bond donors (Lipinski definition) is 0. The van der Waals surface area contributed by atoms with Crippen LogP contribution in [0, 0.1) is 0 Å². The lowest BCUT2D eigenvalue weighted by Gasteiger charge is -2.26. The number of nitrogens with zero attached hydrogens (tertiary/aromatic N) is 1. The van der Waals surface area contributed by atoms with Crippen LogP contribution in [0.15, 0.2) is 209 Å². The molecule has 3 aromatic heterocycles. The van der Waals surface area contributed by atoms with Crippen molar-refractivity contribution in [2.24, 2.45) is 0 Å². The van der Waals surface area contributed by atoms with Gasteiger partial charge in [0.1, 0.15) is 22.3 Å². The Morgan fingerprint density at radius 2 is 0.800 bits per heavy atom. The van der Waals surface area contributed by atoms with Crippen LogP contribution in [-0.2, 0) is 0 Å². The molecule has 60 heavy (non-hydrogen) atoms. The molecule has 0 aliphatic rings. The Balaban J connectivity index is 0.941. The van der Waals surface area contributed by atoms with E-state index >= 15 is 0 Å². The van der Waals surface area contributed by atoms with Crippen molar-refractivity contribution in [3.63, 3.8) is 0 Å². The number of anilines is 3. The summed E-state index contributed by atoms with van der Waals surface area (Å²) in [5, 5.41) is 11.8. The number of thiophene rings is 1. The van der Waals surface area contributed by atoms with E-state index < -0.39 is 0 Å². The van der Waals surface area contributed by atoms with Crippen molar-refractivity contribution in [1.29, 1.82) is 0 Å². The molecule has 0 fully saturated rings. The van der Waals surface area contributed by atoms with Gasteiger partial charge in [-0.1, -0.05) is 133 Å². The number of benzene rings is 10. The third-order valence-electron chi connectivity index (χ3n) is 12.3. The second-order valence-electron chi connectivity index (χ2n) is 15.6. The van der Waals surface area contributed by atoms with Crippen molar-refractivity contribution < 1.29 is 8.83 Å². The van der Waals surface area contributed by atoms with E-state index in [2.05, 4.69) is 205 Å². The quantitative estimate of drug-likeness (QED) is 0.174. The van der Waals surface area contributed by atoms with Gasteiger partial charge in [0.05, 0.1) is 0 Å².